The Labute approximate surface area is 125 Å². The molecule has 0 saturated carbocycles. The molecule has 1 aliphatic rings. The molecule has 2 aromatic rings. The van der Waals surface area contributed by atoms with E-state index in [0.717, 1.165) is 26.9 Å². The van der Waals surface area contributed by atoms with Crippen molar-refractivity contribution in [3.63, 3.8) is 0 Å². The molecule has 6 heteroatoms. The largest absolute Gasteiger partial charge is 0.273 e. The topological polar surface area (TPSA) is 45.6 Å². The Morgan fingerprint density at radius 2 is 2.30 bits per heavy atom. The van der Waals surface area contributed by atoms with Gasteiger partial charge in [-0.15, -0.1) is 11.3 Å². The third kappa shape index (κ3) is 2.89. The molecule has 0 saturated heterocycles. The van der Waals surface area contributed by atoms with Gasteiger partial charge in [0.1, 0.15) is 0 Å². The SMILES string of the molecule is O=C(Cc1cccnc1)N1CCC(c2ccc(Cl)s2)=N1. The van der Waals surface area contributed by atoms with Crippen molar-refractivity contribution in [3.05, 3.63) is 51.4 Å². The normalized spacial score (nSPS) is 14.4. The Morgan fingerprint density at radius 3 is 3.00 bits per heavy atom. The van der Waals surface area contributed by atoms with Crippen LogP contribution in [0.1, 0.15) is 16.9 Å². The average Bonchev–Trinajstić information content (AvgIpc) is 3.08. The van der Waals surface area contributed by atoms with Crippen molar-refractivity contribution in [2.45, 2.75) is 12.8 Å². The second kappa shape index (κ2) is 5.73. The van der Waals surface area contributed by atoms with Crippen LogP contribution in [0, 0.1) is 0 Å². The lowest BCUT2D eigenvalue weighted by atomic mass is 10.2. The van der Waals surface area contributed by atoms with Crippen LogP contribution in [-0.2, 0) is 11.2 Å². The van der Waals surface area contributed by atoms with Crippen molar-refractivity contribution < 1.29 is 4.79 Å². The average molecular weight is 306 g/mol. The van der Waals surface area contributed by atoms with Crippen LogP contribution in [0.3, 0.4) is 0 Å². The van der Waals surface area contributed by atoms with E-state index in [1.54, 1.807) is 12.4 Å². The van der Waals surface area contributed by atoms with Crippen molar-refractivity contribution in [2.75, 3.05) is 6.54 Å². The highest BCUT2D eigenvalue weighted by molar-refractivity contribution is 7.18. The molecule has 1 amide bonds. The molecule has 3 rings (SSSR count). The number of pyridine rings is 1. The number of carbonyl (C=O) groups is 1. The van der Waals surface area contributed by atoms with Crippen molar-refractivity contribution in [2.24, 2.45) is 5.10 Å². The number of carbonyl (C=O) groups excluding carboxylic acids is 1. The lowest BCUT2D eigenvalue weighted by Crippen LogP contribution is -2.25. The first-order chi connectivity index (χ1) is 9.72. The molecule has 2 aromatic heterocycles. The van der Waals surface area contributed by atoms with Gasteiger partial charge in [-0.05, 0) is 23.8 Å². The second-order valence-corrected chi connectivity index (χ2v) is 6.17. The smallest absolute Gasteiger partial charge is 0.247 e. The van der Waals surface area contributed by atoms with Gasteiger partial charge in [-0.25, -0.2) is 5.01 Å². The molecule has 0 fully saturated rings. The van der Waals surface area contributed by atoms with Gasteiger partial charge in [0, 0.05) is 18.8 Å². The fourth-order valence-corrected chi connectivity index (χ4v) is 3.10. The van der Waals surface area contributed by atoms with Gasteiger partial charge in [0.15, 0.2) is 0 Å². The molecule has 20 heavy (non-hydrogen) atoms. The molecule has 0 unspecified atom stereocenters. The van der Waals surface area contributed by atoms with E-state index in [-0.39, 0.29) is 5.91 Å². The van der Waals surface area contributed by atoms with Gasteiger partial charge in [0.25, 0.3) is 0 Å². The number of rotatable bonds is 3. The standard InChI is InChI=1S/C14H12ClN3OS/c15-13-4-3-12(20-13)11-5-7-18(17-11)14(19)8-10-2-1-6-16-9-10/h1-4,6,9H,5,7-8H2. The molecular formula is C14H12ClN3OS. The Kier molecular flexibility index (Phi) is 3.80. The summed E-state index contributed by atoms with van der Waals surface area (Å²) >= 11 is 7.41. The fraction of sp³-hybridized carbons (Fsp3) is 0.214. The fourth-order valence-electron chi connectivity index (χ4n) is 2.05. The molecule has 0 bridgehead atoms. The number of amides is 1. The van der Waals surface area contributed by atoms with E-state index in [4.69, 9.17) is 11.6 Å². The van der Waals surface area contributed by atoms with Crippen LogP contribution in [0.2, 0.25) is 4.34 Å². The van der Waals surface area contributed by atoms with Crippen LogP contribution in [0.25, 0.3) is 0 Å². The highest BCUT2D eigenvalue weighted by Crippen LogP contribution is 2.25. The van der Waals surface area contributed by atoms with Crippen molar-refractivity contribution >= 4 is 34.6 Å². The minimum atomic E-state index is -0.00402. The molecule has 0 aromatic carbocycles. The number of hydrogen-bond donors (Lipinski definition) is 0. The maximum atomic E-state index is 12.2. The summed E-state index contributed by atoms with van der Waals surface area (Å²) in [5.74, 6) is -0.00402. The van der Waals surface area contributed by atoms with Gasteiger partial charge in [-0.2, -0.15) is 5.10 Å². The molecule has 0 spiro atoms. The van der Waals surface area contributed by atoms with Gasteiger partial charge in [0.05, 0.1) is 27.9 Å². The zero-order valence-electron chi connectivity index (χ0n) is 10.6. The first-order valence-electron chi connectivity index (χ1n) is 6.25. The zero-order valence-corrected chi connectivity index (χ0v) is 12.2. The van der Waals surface area contributed by atoms with E-state index in [1.807, 2.05) is 24.3 Å². The van der Waals surface area contributed by atoms with Crippen LogP contribution >= 0.6 is 22.9 Å². The van der Waals surface area contributed by atoms with E-state index < -0.39 is 0 Å². The van der Waals surface area contributed by atoms with Crippen molar-refractivity contribution in [1.29, 1.82) is 0 Å². The molecular weight excluding hydrogens is 294 g/mol. The Bertz CT molecular complexity index is 653. The molecule has 102 valence electrons. The molecule has 0 N–H and O–H groups in total. The highest BCUT2D eigenvalue weighted by atomic mass is 35.5. The Balaban J connectivity index is 1.70. The van der Waals surface area contributed by atoms with Crippen molar-refractivity contribution in [1.82, 2.24) is 9.99 Å². The molecule has 0 radical (unpaired) electrons. The number of nitrogens with zero attached hydrogens (tertiary/aromatic N) is 3. The number of hydrazone groups is 1. The van der Waals surface area contributed by atoms with Crippen LogP contribution < -0.4 is 0 Å². The summed E-state index contributed by atoms with van der Waals surface area (Å²) < 4.78 is 0.739. The summed E-state index contributed by atoms with van der Waals surface area (Å²) in [5.41, 5.74) is 1.83. The zero-order chi connectivity index (χ0) is 13.9. The number of thiophene rings is 1. The monoisotopic (exact) mass is 305 g/mol. The van der Waals surface area contributed by atoms with Gasteiger partial charge in [0.2, 0.25) is 5.91 Å². The van der Waals surface area contributed by atoms with Gasteiger partial charge >= 0.3 is 0 Å². The molecule has 3 heterocycles. The highest BCUT2D eigenvalue weighted by Gasteiger charge is 2.22. The van der Waals surface area contributed by atoms with Crippen LogP contribution in [0.15, 0.2) is 41.8 Å². The predicted octanol–water partition coefficient (Wildman–Crippen LogP) is 2.98. The third-order valence-corrected chi connectivity index (χ3v) is 4.31. The summed E-state index contributed by atoms with van der Waals surface area (Å²) in [6.07, 6.45) is 4.50. The Morgan fingerprint density at radius 1 is 1.40 bits per heavy atom. The van der Waals surface area contributed by atoms with E-state index in [2.05, 4.69) is 10.1 Å². The van der Waals surface area contributed by atoms with Crippen LogP contribution in [-0.4, -0.2) is 28.2 Å². The van der Waals surface area contributed by atoms with E-state index >= 15 is 0 Å². The van der Waals surface area contributed by atoms with Gasteiger partial charge in [-0.3, -0.25) is 9.78 Å². The summed E-state index contributed by atoms with van der Waals surface area (Å²) in [6, 6.07) is 7.52. The van der Waals surface area contributed by atoms with Crippen molar-refractivity contribution in [3.8, 4) is 0 Å². The summed E-state index contributed by atoms with van der Waals surface area (Å²) in [4.78, 5) is 17.2. The molecule has 4 nitrogen and oxygen atoms in total. The Hall–Kier alpha value is -1.72. The number of halogens is 1. The summed E-state index contributed by atoms with van der Waals surface area (Å²) in [6.45, 7) is 0.629. The van der Waals surface area contributed by atoms with E-state index in [9.17, 15) is 4.79 Å². The van der Waals surface area contributed by atoms with E-state index in [0.29, 0.717) is 13.0 Å². The summed E-state index contributed by atoms with van der Waals surface area (Å²) in [5, 5.41) is 5.94. The molecule has 0 aliphatic carbocycles. The number of hydrogen-bond acceptors (Lipinski definition) is 4. The minimum Gasteiger partial charge on any atom is -0.273 e. The first-order valence-corrected chi connectivity index (χ1v) is 7.44. The minimum absolute atomic E-state index is 0.00402. The lowest BCUT2D eigenvalue weighted by Gasteiger charge is -2.10. The van der Waals surface area contributed by atoms with E-state index in [1.165, 1.54) is 16.3 Å². The third-order valence-electron chi connectivity index (χ3n) is 3.03. The first kappa shape index (κ1) is 13.3. The molecule has 0 atom stereocenters. The maximum Gasteiger partial charge on any atom is 0.247 e. The van der Waals surface area contributed by atoms with Gasteiger partial charge < -0.3 is 0 Å². The van der Waals surface area contributed by atoms with Gasteiger partial charge in [-0.1, -0.05) is 17.7 Å². The number of aromatic nitrogens is 1. The lowest BCUT2D eigenvalue weighted by molar-refractivity contribution is -0.130. The molecule has 1 aliphatic heterocycles. The van der Waals surface area contributed by atoms with Crippen LogP contribution in [0.5, 0.6) is 0 Å². The van der Waals surface area contributed by atoms with Crippen LogP contribution in [0.4, 0.5) is 0 Å². The summed E-state index contributed by atoms with van der Waals surface area (Å²) in [7, 11) is 0. The quantitative estimate of drug-likeness (QED) is 0.875. The predicted molar refractivity (Wildman–Crippen MR) is 80.1 cm³/mol. The second-order valence-electron chi connectivity index (χ2n) is 4.46. The maximum absolute atomic E-state index is 12.2.